The molecule has 2 heterocycles. The first-order valence-electron chi connectivity index (χ1n) is 10.2. The molecule has 0 fully saturated rings. The number of aromatic amines is 1. The van der Waals surface area contributed by atoms with E-state index in [2.05, 4.69) is 22.3 Å². The number of amides is 1. The van der Waals surface area contributed by atoms with E-state index in [0.717, 1.165) is 23.4 Å². The van der Waals surface area contributed by atoms with Crippen molar-refractivity contribution in [2.45, 2.75) is 33.6 Å². The van der Waals surface area contributed by atoms with Crippen LogP contribution in [0, 0.1) is 13.8 Å². The SMILES string of the molecule is CCc1ccc(NC(=O)c2sc(-n3[nH]c(C)c(Cc4ccccc4)c3=O)nc2C)cc1. The van der Waals surface area contributed by atoms with Gasteiger partial charge in [0.15, 0.2) is 0 Å². The predicted molar refractivity (Wildman–Crippen MR) is 125 cm³/mol. The lowest BCUT2D eigenvalue weighted by atomic mass is 10.1. The maximum Gasteiger partial charge on any atom is 0.277 e. The first-order chi connectivity index (χ1) is 15.0. The van der Waals surface area contributed by atoms with Crippen LogP contribution in [0.15, 0.2) is 59.4 Å². The molecule has 2 aromatic heterocycles. The zero-order valence-electron chi connectivity index (χ0n) is 17.7. The molecule has 0 radical (unpaired) electrons. The number of anilines is 1. The van der Waals surface area contributed by atoms with Crippen molar-refractivity contribution in [3.8, 4) is 5.13 Å². The maximum atomic E-state index is 13.0. The smallest absolute Gasteiger partial charge is 0.277 e. The Labute approximate surface area is 184 Å². The number of rotatable bonds is 6. The quantitative estimate of drug-likeness (QED) is 0.466. The van der Waals surface area contributed by atoms with Gasteiger partial charge in [-0.3, -0.25) is 14.7 Å². The van der Waals surface area contributed by atoms with Gasteiger partial charge in [-0.05, 0) is 43.5 Å². The molecule has 0 aliphatic carbocycles. The van der Waals surface area contributed by atoms with Crippen LogP contribution < -0.4 is 10.9 Å². The summed E-state index contributed by atoms with van der Waals surface area (Å²) in [5, 5.41) is 6.48. The number of aromatic nitrogens is 3. The van der Waals surface area contributed by atoms with Crippen molar-refractivity contribution < 1.29 is 4.79 Å². The molecule has 1 amide bonds. The molecule has 2 aromatic carbocycles. The van der Waals surface area contributed by atoms with Gasteiger partial charge in [-0.15, -0.1) is 0 Å². The van der Waals surface area contributed by atoms with Crippen LogP contribution >= 0.6 is 11.3 Å². The summed E-state index contributed by atoms with van der Waals surface area (Å²) >= 11 is 1.20. The molecule has 4 aromatic rings. The van der Waals surface area contributed by atoms with Crippen molar-refractivity contribution in [1.29, 1.82) is 0 Å². The number of hydrogen-bond acceptors (Lipinski definition) is 4. The van der Waals surface area contributed by atoms with Gasteiger partial charge in [0, 0.05) is 23.4 Å². The number of hydrogen-bond donors (Lipinski definition) is 2. The van der Waals surface area contributed by atoms with Gasteiger partial charge in [0.1, 0.15) is 4.88 Å². The topological polar surface area (TPSA) is 79.8 Å². The molecule has 6 nitrogen and oxygen atoms in total. The average Bonchev–Trinajstić information content (AvgIpc) is 3.29. The third kappa shape index (κ3) is 4.36. The van der Waals surface area contributed by atoms with Crippen LogP contribution in [0.25, 0.3) is 5.13 Å². The minimum absolute atomic E-state index is 0.141. The van der Waals surface area contributed by atoms with Gasteiger partial charge in [-0.25, -0.2) is 4.98 Å². The Morgan fingerprint density at radius 3 is 2.45 bits per heavy atom. The van der Waals surface area contributed by atoms with Gasteiger partial charge in [-0.2, -0.15) is 4.68 Å². The second-order valence-electron chi connectivity index (χ2n) is 7.43. The number of nitrogens with one attached hydrogen (secondary N) is 2. The molecule has 4 rings (SSSR count). The molecule has 0 bridgehead atoms. The number of H-pyrrole nitrogens is 1. The number of carbonyl (C=O) groups is 1. The number of carbonyl (C=O) groups excluding carboxylic acids is 1. The number of aryl methyl sites for hydroxylation is 3. The van der Waals surface area contributed by atoms with Crippen molar-refractivity contribution >= 4 is 22.9 Å². The van der Waals surface area contributed by atoms with E-state index in [0.29, 0.717) is 27.7 Å². The second kappa shape index (κ2) is 8.73. The van der Waals surface area contributed by atoms with E-state index in [-0.39, 0.29) is 11.5 Å². The standard InChI is InChI=1S/C24H24N4O2S/c1-4-17-10-12-19(13-11-17)26-22(29)21-16(3)25-24(31-21)28-23(30)20(15(2)27-28)14-18-8-6-5-7-9-18/h5-13,27H,4,14H2,1-3H3,(H,26,29). The van der Waals surface area contributed by atoms with Crippen LogP contribution in [0.3, 0.4) is 0 Å². The minimum Gasteiger partial charge on any atom is -0.321 e. The van der Waals surface area contributed by atoms with Gasteiger partial charge < -0.3 is 5.32 Å². The van der Waals surface area contributed by atoms with Gasteiger partial charge in [-0.1, -0.05) is 60.7 Å². The molecule has 2 N–H and O–H groups in total. The second-order valence-corrected chi connectivity index (χ2v) is 8.41. The van der Waals surface area contributed by atoms with E-state index in [1.165, 1.54) is 21.6 Å². The highest BCUT2D eigenvalue weighted by atomic mass is 32.1. The van der Waals surface area contributed by atoms with Crippen molar-refractivity contribution in [2.24, 2.45) is 0 Å². The fourth-order valence-electron chi connectivity index (χ4n) is 3.42. The van der Waals surface area contributed by atoms with Crippen molar-refractivity contribution in [3.63, 3.8) is 0 Å². The normalized spacial score (nSPS) is 10.9. The van der Waals surface area contributed by atoms with Crippen molar-refractivity contribution in [1.82, 2.24) is 14.8 Å². The molecular formula is C24H24N4O2S. The van der Waals surface area contributed by atoms with Crippen molar-refractivity contribution in [2.75, 3.05) is 5.32 Å². The summed E-state index contributed by atoms with van der Waals surface area (Å²) in [5.74, 6) is -0.230. The lowest BCUT2D eigenvalue weighted by Crippen LogP contribution is -2.17. The Bertz CT molecular complexity index is 1270. The fourth-order valence-corrected chi connectivity index (χ4v) is 4.35. The summed E-state index contributed by atoms with van der Waals surface area (Å²) in [6.07, 6.45) is 1.49. The van der Waals surface area contributed by atoms with Gasteiger partial charge in [0.2, 0.25) is 5.13 Å². The molecule has 0 saturated heterocycles. The molecule has 158 valence electrons. The zero-order valence-corrected chi connectivity index (χ0v) is 18.5. The maximum absolute atomic E-state index is 13.0. The molecule has 0 saturated carbocycles. The summed E-state index contributed by atoms with van der Waals surface area (Å²) in [7, 11) is 0. The highest BCUT2D eigenvalue weighted by molar-refractivity contribution is 7.16. The summed E-state index contributed by atoms with van der Waals surface area (Å²) in [6, 6.07) is 17.6. The van der Waals surface area contributed by atoms with E-state index >= 15 is 0 Å². The average molecular weight is 433 g/mol. The Balaban J connectivity index is 1.59. The van der Waals surface area contributed by atoms with Crippen LogP contribution in [0.2, 0.25) is 0 Å². The number of thiazole rings is 1. The predicted octanol–water partition coefficient (Wildman–Crippen LogP) is 4.64. The monoisotopic (exact) mass is 432 g/mol. The van der Waals surface area contributed by atoms with Gasteiger partial charge >= 0.3 is 0 Å². The Kier molecular flexibility index (Phi) is 5.86. The van der Waals surface area contributed by atoms with Crippen LogP contribution in [0.4, 0.5) is 5.69 Å². The van der Waals surface area contributed by atoms with Crippen LogP contribution in [-0.2, 0) is 12.8 Å². The van der Waals surface area contributed by atoms with Crippen molar-refractivity contribution in [3.05, 3.63) is 97.9 Å². The van der Waals surface area contributed by atoms with E-state index in [1.54, 1.807) is 6.92 Å². The lowest BCUT2D eigenvalue weighted by Gasteiger charge is -2.04. The molecule has 0 aliphatic rings. The first kappa shape index (κ1) is 20.8. The van der Waals surface area contributed by atoms with Crippen LogP contribution in [0.5, 0.6) is 0 Å². The van der Waals surface area contributed by atoms with Crippen LogP contribution in [-0.4, -0.2) is 20.7 Å². The molecule has 0 unspecified atom stereocenters. The third-order valence-corrected chi connectivity index (χ3v) is 6.36. The largest absolute Gasteiger partial charge is 0.321 e. The Morgan fingerprint density at radius 2 is 1.77 bits per heavy atom. The zero-order chi connectivity index (χ0) is 22.0. The molecule has 0 spiro atoms. The lowest BCUT2D eigenvalue weighted by molar-refractivity contribution is 0.103. The number of nitrogens with zero attached hydrogens (tertiary/aromatic N) is 2. The Hall–Kier alpha value is -3.45. The third-order valence-electron chi connectivity index (χ3n) is 5.22. The van der Waals surface area contributed by atoms with E-state index < -0.39 is 0 Å². The highest BCUT2D eigenvalue weighted by Crippen LogP contribution is 2.23. The summed E-state index contributed by atoms with van der Waals surface area (Å²) in [5.41, 5.74) is 4.95. The van der Waals surface area contributed by atoms with E-state index in [1.807, 2.05) is 61.5 Å². The molecule has 7 heteroatoms. The minimum atomic E-state index is -0.230. The molecular weight excluding hydrogens is 408 g/mol. The summed E-state index contributed by atoms with van der Waals surface area (Å²) in [6.45, 7) is 5.75. The molecule has 0 atom stereocenters. The van der Waals surface area contributed by atoms with E-state index in [4.69, 9.17) is 0 Å². The Morgan fingerprint density at radius 1 is 1.06 bits per heavy atom. The van der Waals surface area contributed by atoms with Gasteiger partial charge in [0.25, 0.3) is 11.5 Å². The molecule has 0 aliphatic heterocycles. The summed E-state index contributed by atoms with van der Waals surface area (Å²) in [4.78, 5) is 30.8. The number of benzene rings is 2. The summed E-state index contributed by atoms with van der Waals surface area (Å²) < 4.78 is 1.43. The molecule has 31 heavy (non-hydrogen) atoms. The fraction of sp³-hybridized carbons (Fsp3) is 0.208. The van der Waals surface area contributed by atoms with E-state index in [9.17, 15) is 9.59 Å². The van der Waals surface area contributed by atoms with Gasteiger partial charge in [0.05, 0.1) is 5.69 Å². The van der Waals surface area contributed by atoms with Crippen LogP contribution in [0.1, 0.15) is 44.7 Å². The first-order valence-corrected chi connectivity index (χ1v) is 11.0. The highest BCUT2D eigenvalue weighted by Gasteiger charge is 2.20.